The van der Waals surface area contributed by atoms with Crippen molar-refractivity contribution >= 4 is 40.8 Å². The molecular weight excluding hydrogens is 539 g/mol. The van der Waals surface area contributed by atoms with E-state index in [0.29, 0.717) is 33.8 Å². The van der Waals surface area contributed by atoms with Gasteiger partial charge in [0.1, 0.15) is 12.4 Å². The van der Waals surface area contributed by atoms with Crippen molar-refractivity contribution in [3.63, 3.8) is 0 Å². The molecule has 0 saturated heterocycles. The summed E-state index contributed by atoms with van der Waals surface area (Å²) < 4.78 is 33.4. The Kier molecular flexibility index (Phi) is 8.38. The van der Waals surface area contributed by atoms with Crippen molar-refractivity contribution < 1.29 is 53.0 Å². The summed E-state index contributed by atoms with van der Waals surface area (Å²) in [4.78, 5) is 16.9. The summed E-state index contributed by atoms with van der Waals surface area (Å²) in [6.07, 6.45) is 3.70. The fourth-order valence-corrected chi connectivity index (χ4v) is 6.01. The second-order valence-electron chi connectivity index (χ2n) is 9.09. The first-order chi connectivity index (χ1) is 19.0. The summed E-state index contributed by atoms with van der Waals surface area (Å²) in [6, 6.07) is 26.3. The van der Waals surface area contributed by atoms with Crippen molar-refractivity contribution in [3.05, 3.63) is 136 Å². The maximum absolute atomic E-state index is 13.7. The first-order valence-corrected chi connectivity index (χ1v) is 13.1. The predicted molar refractivity (Wildman–Crippen MR) is 146 cm³/mol. The predicted octanol–water partition coefficient (Wildman–Crippen LogP) is 3.83. The minimum absolute atomic E-state index is 0. The van der Waals surface area contributed by atoms with Gasteiger partial charge in [-0.25, -0.2) is 13.8 Å². The summed E-state index contributed by atoms with van der Waals surface area (Å²) in [5.74, 6) is -2.35. The molecule has 1 aliphatic rings. The standard InChI is InChI=1S/C32H21F2NO3S.Na/c33-26-16-20-11-13-22(35-28(20)17-27(26)34)12-9-19-10-14-29-25(15-19)31(23-6-2-1-5-21(23)18-38-29)39-30-8-4-3-7-24(30)32(36)37;/h1-17,31H,18H2,(H,36,37);/q;+1/p-1. The van der Waals surface area contributed by atoms with Gasteiger partial charge in [-0.15, -0.1) is 11.8 Å². The summed E-state index contributed by atoms with van der Waals surface area (Å²) in [5.41, 5.74) is 4.96. The molecule has 0 radical (unpaired) electrons. The number of aromatic nitrogens is 1. The van der Waals surface area contributed by atoms with E-state index in [1.165, 1.54) is 11.8 Å². The maximum atomic E-state index is 13.7. The Morgan fingerprint density at radius 3 is 2.52 bits per heavy atom. The number of benzene rings is 4. The number of pyridine rings is 1. The summed E-state index contributed by atoms with van der Waals surface area (Å²) in [6.45, 7) is 0.399. The van der Waals surface area contributed by atoms with E-state index < -0.39 is 17.6 Å². The molecule has 2 heterocycles. The number of aromatic carboxylic acids is 1. The SMILES string of the molecule is O=C([O-])c1ccccc1SC1c2ccccc2COc2ccc(C=Cc3ccc4cc(F)c(F)cc4n3)cc21.[Na+]. The molecule has 40 heavy (non-hydrogen) atoms. The number of halogens is 2. The molecule has 0 fully saturated rings. The number of ether oxygens (including phenoxy) is 1. The Hall–Kier alpha value is -3.49. The molecule has 0 aliphatic carbocycles. The fraction of sp³-hybridized carbons (Fsp3) is 0.0625. The van der Waals surface area contributed by atoms with Crippen molar-refractivity contribution in [1.82, 2.24) is 4.98 Å². The summed E-state index contributed by atoms with van der Waals surface area (Å²) >= 11 is 1.44. The molecule has 192 valence electrons. The van der Waals surface area contributed by atoms with Gasteiger partial charge in [0, 0.05) is 27.5 Å². The van der Waals surface area contributed by atoms with E-state index in [9.17, 15) is 18.7 Å². The zero-order valence-corrected chi connectivity index (χ0v) is 24.3. The Morgan fingerprint density at radius 2 is 1.68 bits per heavy atom. The number of rotatable bonds is 5. The molecule has 8 heteroatoms. The van der Waals surface area contributed by atoms with Gasteiger partial charge in [0.15, 0.2) is 11.6 Å². The van der Waals surface area contributed by atoms with Gasteiger partial charge in [0.2, 0.25) is 0 Å². The molecule has 0 spiro atoms. The van der Waals surface area contributed by atoms with E-state index in [-0.39, 0.29) is 40.4 Å². The number of carboxylic acids is 1. The van der Waals surface area contributed by atoms with Gasteiger partial charge < -0.3 is 14.6 Å². The first kappa shape index (κ1) is 28.1. The van der Waals surface area contributed by atoms with Crippen LogP contribution in [0.4, 0.5) is 8.78 Å². The minimum atomic E-state index is -1.22. The smallest absolute Gasteiger partial charge is 0.545 e. The summed E-state index contributed by atoms with van der Waals surface area (Å²) in [5, 5.41) is 12.1. The van der Waals surface area contributed by atoms with E-state index in [1.807, 2.05) is 60.7 Å². The Balaban J connectivity index is 0.00000323. The maximum Gasteiger partial charge on any atom is 1.00 e. The molecule has 1 aliphatic heterocycles. The van der Waals surface area contributed by atoms with E-state index in [0.717, 1.165) is 34.4 Å². The minimum Gasteiger partial charge on any atom is -0.545 e. The average Bonchev–Trinajstić information content (AvgIpc) is 3.09. The number of hydrogen-bond donors (Lipinski definition) is 0. The molecule has 0 N–H and O–H groups in total. The Bertz CT molecular complexity index is 1780. The number of carboxylic acid groups (broad SMARTS) is 1. The zero-order chi connectivity index (χ0) is 26.9. The third-order valence-corrected chi connectivity index (χ3v) is 7.94. The second kappa shape index (κ2) is 11.9. The van der Waals surface area contributed by atoms with Crippen molar-refractivity contribution in [1.29, 1.82) is 0 Å². The largest absolute Gasteiger partial charge is 1.00 e. The van der Waals surface area contributed by atoms with Crippen LogP contribution < -0.4 is 39.4 Å². The van der Waals surface area contributed by atoms with Gasteiger partial charge in [-0.3, -0.25) is 0 Å². The molecule has 0 bridgehead atoms. The molecule has 5 aromatic rings. The molecule has 4 nitrogen and oxygen atoms in total. The monoisotopic (exact) mass is 559 g/mol. The normalized spacial score (nSPS) is 14.1. The number of hydrogen-bond acceptors (Lipinski definition) is 5. The van der Waals surface area contributed by atoms with E-state index in [1.54, 1.807) is 30.3 Å². The molecule has 1 unspecified atom stereocenters. The number of fused-ring (bicyclic) bond motifs is 3. The average molecular weight is 560 g/mol. The van der Waals surface area contributed by atoms with Crippen LogP contribution >= 0.6 is 11.8 Å². The van der Waals surface area contributed by atoms with Crippen molar-refractivity contribution in [2.45, 2.75) is 16.8 Å². The topological polar surface area (TPSA) is 62.2 Å². The fourth-order valence-electron chi connectivity index (χ4n) is 4.65. The van der Waals surface area contributed by atoms with Gasteiger partial charge in [-0.2, -0.15) is 0 Å². The van der Waals surface area contributed by atoms with Crippen LogP contribution in [0, 0.1) is 11.6 Å². The Morgan fingerprint density at radius 1 is 0.900 bits per heavy atom. The van der Waals surface area contributed by atoms with Crippen molar-refractivity contribution in [2.24, 2.45) is 0 Å². The quantitative estimate of drug-likeness (QED) is 0.307. The van der Waals surface area contributed by atoms with Crippen LogP contribution in [0.25, 0.3) is 23.1 Å². The third-order valence-electron chi connectivity index (χ3n) is 6.59. The van der Waals surface area contributed by atoms with E-state index in [4.69, 9.17) is 4.74 Å². The van der Waals surface area contributed by atoms with Crippen LogP contribution in [0.5, 0.6) is 5.75 Å². The first-order valence-electron chi connectivity index (χ1n) is 12.2. The van der Waals surface area contributed by atoms with Crippen LogP contribution in [-0.2, 0) is 6.61 Å². The third kappa shape index (κ3) is 5.69. The van der Waals surface area contributed by atoms with Crippen LogP contribution in [0.15, 0.2) is 95.9 Å². The number of nitrogens with zero attached hydrogens (tertiary/aromatic N) is 1. The zero-order valence-electron chi connectivity index (χ0n) is 21.4. The number of carbonyl (C=O) groups excluding carboxylic acids is 1. The van der Waals surface area contributed by atoms with Crippen LogP contribution in [0.2, 0.25) is 0 Å². The molecule has 1 atom stereocenters. The number of thioether (sulfide) groups is 1. The molecule has 4 aromatic carbocycles. The van der Waals surface area contributed by atoms with E-state index >= 15 is 0 Å². The van der Waals surface area contributed by atoms with Crippen LogP contribution in [0.1, 0.15) is 43.6 Å². The van der Waals surface area contributed by atoms with Crippen molar-refractivity contribution in [3.8, 4) is 5.75 Å². The van der Waals surface area contributed by atoms with Crippen LogP contribution in [0.3, 0.4) is 0 Å². The van der Waals surface area contributed by atoms with E-state index in [2.05, 4.69) is 4.98 Å². The second-order valence-corrected chi connectivity index (χ2v) is 10.2. The molecule has 1 aromatic heterocycles. The molecule has 6 rings (SSSR count). The summed E-state index contributed by atoms with van der Waals surface area (Å²) in [7, 11) is 0. The van der Waals surface area contributed by atoms with Gasteiger partial charge >= 0.3 is 29.6 Å². The Labute approximate surface area is 256 Å². The van der Waals surface area contributed by atoms with Gasteiger partial charge in [0.05, 0.1) is 22.4 Å². The number of carbonyl (C=O) groups is 1. The van der Waals surface area contributed by atoms with Gasteiger partial charge in [0.25, 0.3) is 0 Å². The molecular formula is C32H20F2NNaO3S. The van der Waals surface area contributed by atoms with Gasteiger partial charge in [-0.05, 0) is 53.1 Å². The molecule has 0 amide bonds. The van der Waals surface area contributed by atoms with Crippen molar-refractivity contribution in [2.75, 3.05) is 0 Å². The van der Waals surface area contributed by atoms with Crippen LogP contribution in [-0.4, -0.2) is 11.0 Å². The molecule has 0 saturated carbocycles. The van der Waals surface area contributed by atoms with Gasteiger partial charge in [-0.1, -0.05) is 60.7 Å².